The number of amidine groups is 1. The highest BCUT2D eigenvalue weighted by Crippen LogP contribution is 2.24. The Morgan fingerprint density at radius 3 is 2.70 bits per heavy atom. The number of hydrogen-bond acceptors (Lipinski definition) is 7. The van der Waals surface area contributed by atoms with E-state index in [-0.39, 0.29) is 11.6 Å². The van der Waals surface area contributed by atoms with Gasteiger partial charge < -0.3 is 9.73 Å². The molecule has 0 atom stereocenters. The van der Waals surface area contributed by atoms with Crippen LogP contribution in [-0.4, -0.2) is 28.0 Å². The number of non-ortho nitro benzene ring substituents is 1. The van der Waals surface area contributed by atoms with E-state index in [1.54, 1.807) is 24.3 Å². The fraction of sp³-hybridized carbons (Fsp3) is 0.0714. The predicted molar refractivity (Wildman–Crippen MR) is 86.4 cm³/mol. The number of amides is 1. The van der Waals surface area contributed by atoms with Crippen LogP contribution in [0.25, 0.3) is 11.3 Å². The lowest BCUT2D eigenvalue weighted by Crippen LogP contribution is -2.19. The van der Waals surface area contributed by atoms with Crippen LogP contribution < -0.4 is 5.32 Å². The fourth-order valence-electron chi connectivity index (χ4n) is 1.84. The first kappa shape index (κ1) is 15.0. The van der Waals surface area contributed by atoms with Gasteiger partial charge >= 0.3 is 0 Å². The maximum atomic E-state index is 11.0. The van der Waals surface area contributed by atoms with Crippen LogP contribution in [-0.2, 0) is 4.79 Å². The van der Waals surface area contributed by atoms with Crippen molar-refractivity contribution in [2.24, 2.45) is 10.2 Å². The van der Waals surface area contributed by atoms with Gasteiger partial charge in [0.1, 0.15) is 11.5 Å². The van der Waals surface area contributed by atoms with Crippen molar-refractivity contribution in [1.29, 1.82) is 0 Å². The number of furan rings is 1. The van der Waals surface area contributed by atoms with Crippen LogP contribution in [0.4, 0.5) is 5.69 Å². The topological polar surface area (TPSA) is 110 Å². The molecule has 1 fully saturated rings. The zero-order chi connectivity index (χ0) is 16.2. The van der Waals surface area contributed by atoms with Crippen molar-refractivity contribution < 1.29 is 14.1 Å². The van der Waals surface area contributed by atoms with E-state index in [4.69, 9.17) is 4.42 Å². The van der Waals surface area contributed by atoms with Gasteiger partial charge in [0.2, 0.25) is 5.91 Å². The van der Waals surface area contributed by atoms with Crippen molar-refractivity contribution in [3.05, 3.63) is 52.3 Å². The molecule has 2 aromatic rings. The highest BCUT2D eigenvalue weighted by atomic mass is 32.2. The van der Waals surface area contributed by atoms with E-state index < -0.39 is 4.92 Å². The van der Waals surface area contributed by atoms with Gasteiger partial charge in [0.05, 0.1) is 16.9 Å². The Labute approximate surface area is 134 Å². The van der Waals surface area contributed by atoms with Crippen molar-refractivity contribution in [3.63, 3.8) is 0 Å². The third-order valence-electron chi connectivity index (χ3n) is 2.91. The van der Waals surface area contributed by atoms with Crippen LogP contribution in [0, 0.1) is 10.1 Å². The third-order valence-corrected chi connectivity index (χ3v) is 3.77. The molecule has 116 valence electrons. The molecule has 0 saturated carbocycles. The molecule has 2 heterocycles. The lowest BCUT2D eigenvalue weighted by molar-refractivity contribution is -0.384. The van der Waals surface area contributed by atoms with Crippen LogP contribution in [0.1, 0.15) is 5.76 Å². The molecule has 1 aromatic carbocycles. The number of nitrogens with zero attached hydrogens (tertiary/aromatic N) is 3. The van der Waals surface area contributed by atoms with Crippen molar-refractivity contribution in [2.45, 2.75) is 0 Å². The van der Waals surface area contributed by atoms with Crippen molar-refractivity contribution >= 4 is 34.7 Å². The lowest BCUT2D eigenvalue weighted by Gasteiger charge is -1.96. The molecule has 1 aliphatic rings. The van der Waals surface area contributed by atoms with Gasteiger partial charge in [-0.2, -0.15) is 5.10 Å². The first-order valence-corrected chi connectivity index (χ1v) is 7.49. The molecule has 23 heavy (non-hydrogen) atoms. The van der Waals surface area contributed by atoms with Crippen LogP contribution in [0.2, 0.25) is 0 Å². The number of nitro benzene ring substituents is 1. The molecule has 1 aliphatic heterocycles. The van der Waals surface area contributed by atoms with Crippen LogP contribution in [0.15, 0.2) is 51.0 Å². The quantitative estimate of drug-likeness (QED) is 0.526. The maximum absolute atomic E-state index is 11.0. The zero-order valence-corrected chi connectivity index (χ0v) is 12.4. The summed E-state index contributed by atoms with van der Waals surface area (Å²) in [6.07, 6.45) is 1.42. The Hall–Kier alpha value is -2.94. The standard InChI is InChI=1S/C14H10N4O4S/c19-13-8-23-14(16-13)17-15-7-11-5-6-12(22-11)9-1-3-10(4-2-9)18(20)21/h1-7H,8H2,(H,16,17,19)/b15-7+. The molecule has 0 unspecified atom stereocenters. The summed E-state index contributed by atoms with van der Waals surface area (Å²) in [5.74, 6) is 1.30. The molecule has 0 radical (unpaired) electrons. The van der Waals surface area contributed by atoms with Gasteiger partial charge in [-0.05, 0) is 24.3 Å². The largest absolute Gasteiger partial charge is 0.455 e. The molecule has 9 heteroatoms. The van der Waals surface area contributed by atoms with Crippen LogP contribution >= 0.6 is 11.8 Å². The molecule has 0 aliphatic carbocycles. The molecule has 0 spiro atoms. The minimum absolute atomic E-state index is 0.0222. The van der Waals surface area contributed by atoms with Gasteiger partial charge in [-0.15, -0.1) is 5.10 Å². The molecule has 3 rings (SSSR count). The van der Waals surface area contributed by atoms with Crippen molar-refractivity contribution in [2.75, 3.05) is 5.75 Å². The van der Waals surface area contributed by atoms with Gasteiger partial charge in [-0.3, -0.25) is 14.9 Å². The smallest absolute Gasteiger partial charge is 0.269 e. The number of hydrogen-bond donors (Lipinski definition) is 1. The summed E-state index contributed by atoms with van der Waals surface area (Å²) >= 11 is 1.28. The predicted octanol–water partition coefficient (Wildman–Crippen LogP) is 2.41. The number of benzene rings is 1. The summed E-state index contributed by atoms with van der Waals surface area (Å²) in [4.78, 5) is 21.2. The molecule has 0 bridgehead atoms. The number of carbonyl (C=O) groups is 1. The average Bonchev–Trinajstić information content (AvgIpc) is 3.17. The van der Waals surface area contributed by atoms with Gasteiger partial charge in [-0.1, -0.05) is 11.8 Å². The summed E-state index contributed by atoms with van der Waals surface area (Å²) < 4.78 is 5.57. The second-order valence-corrected chi connectivity index (χ2v) is 5.46. The Morgan fingerprint density at radius 2 is 2.04 bits per heavy atom. The summed E-state index contributed by atoms with van der Waals surface area (Å²) in [6, 6.07) is 9.50. The van der Waals surface area contributed by atoms with Crippen molar-refractivity contribution in [3.8, 4) is 11.3 Å². The molecule has 1 aromatic heterocycles. The van der Waals surface area contributed by atoms with Gasteiger partial charge in [-0.25, -0.2) is 0 Å². The monoisotopic (exact) mass is 330 g/mol. The molecular weight excluding hydrogens is 320 g/mol. The maximum Gasteiger partial charge on any atom is 0.269 e. The fourth-order valence-corrected chi connectivity index (χ4v) is 2.47. The van der Waals surface area contributed by atoms with Gasteiger partial charge in [0.25, 0.3) is 5.69 Å². The van der Waals surface area contributed by atoms with E-state index in [9.17, 15) is 14.9 Å². The summed E-state index contributed by atoms with van der Waals surface area (Å²) in [7, 11) is 0. The number of nitrogens with one attached hydrogen (secondary N) is 1. The minimum atomic E-state index is -0.455. The van der Waals surface area contributed by atoms with E-state index in [0.717, 1.165) is 5.56 Å². The third kappa shape index (κ3) is 3.64. The number of rotatable bonds is 4. The highest BCUT2D eigenvalue weighted by Gasteiger charge is 2.16. The number of thioether (sulfide) groups is 1. The molecule has 1 saturated heterocycles. The van der Waals surface area contributed by atoms with E-state index in [1.165, 1.54) is 30.1 Å². The Kier molecular flexibility index (Phi) is 4.20. The Morgan fingerprint density at radius 1 is 1.26 bits per heavy atom. The first-order valence-electron chi connectivity index (χ1n) is 6.50. The Bertz CT molecular complexity index is 810. The SMILES string of the molecule is O=C1CS/C(=N\N=C\c2ccc(-c3ccc([N+](=O)[O-])cc3)o2)N1. The second-order valence-electron chi connectivity index (χ2n) is 4.49. The lowest BCUT2D eigenvalue weighted by atomic mass is 10.1. The van der Waals surface area contributed by atoms with E-state index >= 15 is 0 Å². The Balaban J connectivity index is 1.70. The molecular formula is C14H10N4O4S. The van der Waals surface area contributed by atoms with Gasteiger partial charge in [0, 0.05) is 17.7 Å². The van der Waals surface area contributed by atoms with Gasteiger partial charge in [0.15, 0.2) is 5.17 Å². The van der Waals surface area contributed by atoms with E-state index in [2.05, 4.69) is 15.5 Å². The number of nitro groups is 1. The zero-order valence-electron chi connectivity index (χ0n) is 11.6. The van der Waals surface area contributed by atoms with E-state index in [1.807, 2.05) is 0 Å². The highest BCUT2D eigenvalue weighted by molar-refractivity contribution is 8.15. The number of carbonyl (C=O) groups excluding carboxylic acids is 1. The van der Waals surface area contributed by atoms with Crippen LogP contribution in [0.5, 0.6) is 0 Å². The molecule has 8 nitrogen and oxygen atoms in total. The normalized spacial score (nSPS) is 16.2. The minimum Gasteiger partial charge on any atom is -0.455 e. The van der Waals surface area contributed by atoms with E-state index in [0.29, 0.717) is 22.4 Å². The van der Waals surface area contributed by atoms with Crippen LogP contribution in [0.3, 0.4) is 0 Å². The average molecular weight is 330 g/mol. The second kappa shape index (κ2) is 6.44. The molecule has 1 N–H and O–H groups in total. The summed E-state index contributed by atoms with van der Waals surface area (Å²) in [5, 5.41) is 21.3. The first-order chi connectivity index (χ1) is 11.1. The molecule has 1 amide bonds. The van der Waals surface area contributed by atoms with Crippen molar-refractivity contribution in [1.82, 2.24) is 5.32 Å². The summed E-state index contributed by atoms with van der Waals surface area (Å²) in [5.41, 5.74) is 0.745. The summed E-state index contributed by atoms with van der Waals surface area (Å²) in [6.45, 7) is 0.